The van der Waals surface area contributed by atoms with Gasteiger partial charge < -0.3 is 9.80 Å². The number of piperazine rings is 1. The van der Waals surface area contributed by atoms with E-state index >= 15 is 0 Å². The van der Waals surface area contributed by atoms with Gasteiger partial charge in [0.05, 0.1) is 10.6 Å². The molecule has 5 rings (SSSR count). The molecule has 188 valence electrons. The van der Waals surface area contributed by atoms with E-state index in [0.717, 1.165) is 34.6 Å². The summed E-state index contributed by atoms with van der Waals surface area (Å²) in [4.78, 5) is 27.2. The maximum Gasteiger partial charge on any atom is 0.255 e. The van der Waals surface area contributed by atoms with Gasteiger partial charge in [-0.15, -0.1) is 0 Å². The van der Waals surface area contributed by atoms with Gasteiger partial charge >= 0.3 is 0 Å². The molecular formula is C30H28ClFN4O. The topological polar surface area (TPSA) is 49.3 Å². The highest BCUT2D eigenvalue weighted by Crippen LogP contribution is 2.29. The van der Waals surface area contributed by atoms with Crippen molar-refractivity contribution in [1.82, 2.24) is 14.9 Å². The first-order valence-electron chi connectivity index (χ1n) is 12.5. The van der Waals surface area contributed by atoms with Crippen LogP contribution in [0.25, 0.3) is 11.4 Å². The number of rotatable bonds is 6. The molecule has 0 atom stereocenters. The summed E-state index contributed by atoms with van der Waals surface area (Å²) in [5.74, 6) is 1.25. The van der Waals surface area contributed by atoms with Crippen LogP contribution in [0, 0.1) is 5.82 Å². The number of halogens is 2. The van der Waals surface area contributed by atoms with E-state index in [2.05, 4.69) is 11.8 Å². The third kappa shape index (κ3) is 5.49. The molecule has 4 aromatic rings. The molecule has 7 heteroatoms. The molecule has 1 amide bonds. The number of anilines is 1. The SMILES string of the molecule is CCc1nc(-c2ccccc2)nc(N2CCN(C(=O)c3ccccc3Cl)CC2)c1Cc1ccc(F)cc1. The molecule has 0 bridgehead atoms. The Bertz CT molecular complexity index is 1390. The van der Waals surface area contributed by atoms with Crippen molar-refractivity contribution >= 4 is 23.3 Å². The highest BCUT2D eigenvalue weighted by Gasteiger charge is 2.27. The maximum absolute atomic E-state index is 13.6. The minimum absolute atomic E-state index is 0.0568. The highest BCUT2D eigenvalue weighted by molar-refractivity contribution is 6.33. The summed E-state index contributed by atoms with van der Waals surface area (Å²) in [6.07, 6.45) is 1.35. The fourth-order valence-corrected chi connectivity index (χ4v) is 4.92. The van der Waals surface area contributed by atoms with E-state index < -0.39 is 0 Å². The summed E-state index contributed by atoms with van der Waals surface area (Å²) in [6.45, 7) is 4.50. The van der Waals surface area contributed by atoms with E-state index in [1.807, 2.05) is 59.5 Å². The molecule has 0 unspecified atom stereocenters. The van der Waals surface area contributed by atoms with E-state index in [4.69, 9.17) is 21.6 Å². The van der Waals surface area contributed by atoms with E-state index in [9.17, 15) is 9.18 Å². The number of amides is 1. The standard InChI is InChI=1S/C30H28ClFN4O/c1-2-27-25(20-21-12-14-23(32)15-13-21)29(34-28(33-27)22-8-4-3-5-9-22)35-16-18-36(19-17-35)30(37)24-10-6-7-11-26(24)31/h3-15H,2,16-20H2,1H3. The van der Waals surface area contributed by atoms with Crippen molar-refractivity contribution in [3.8, 4) is 11.4 Å². The fourth-order valence-electron chi connectivity index (χ4n) is 4.70. The number of carbonyl (C=O) groups excluding carboxylic acids is 1. The van der Waals surface area contributed by atoms with Crippen LogP contribution >= 0.6 is 11.6 Å². The second kappa shape index (κ2) is 11.1. The minimum Gasteiger partial charge on any atom is -0.353 e. The number of benzene rings is 3. The predicted octanol–water partition coefficient (Wildman–Crippen LogP) is 6.05. The summed E-state index contributed by atoms with van der Waals surface area (Å²) >= 11 is 6.28. The van der Waals surface area contributed by atoms with Gasteiger partial charge in [-0.2, -0.15) is 0 Å². The van der Waals surface area contributed by atoms with Gasteiger partial charge in [-0.3, -0.25) is 4.79 Å². The van der Waals surface area contributed by atoms with Crippen molar-refractivity contribution in [3.63, 3.8) is 0 Å². The third-order valence-corrected chi connectivity index (χ3v) is 7.03. The molecular weight excluding hydrogens is 487 g/mol. The van der Waals surface area contributed by atoms with Gasteiger partial charge in [0.25, 0.3) is 5.91 Å². The van der Waals surface area contributed by atoms with E-state index in [0.29, 0.717) is 49.0 Å². The zero-order valence-electron chi connectivity index (χ0n) is 20.7. The zero-order valence-corrected chi connectivity index (χ0v) is 21.5. The van der Waals surface area contributed by atoms with Gasteiger partial charge in [0.1, 0.15) is 11.6 Å². The van der Waals surface area contributed by atoms with Crippen LogP contribution in [0.5, 0.6) is 0 Å². The van der Waals surface area contributed by atoms with E-state index in [1.54, 1.807) is 12.1 Å². The minimum atomic E-state index is -0.255. The Morgan fingerprint density at radius 1 is 0.892 bits per heavy atom. The lowest BCUT2D eigenvalue weighted by atomic mass is 10.0. The van der Waals surface area contributed by atoms with Gasteiger partial charge in [-0.05, 0) is 36.2 Å². The van der Waals surface area contributed by atoms with Crippen LogP contribution in [-0.4, -0.2) is 47.0 Å². The molecule has 5 nitrogen and oxygen atoms in total. The van der Waals surface area contributed by atoms with Crippen molar-refractivity contribution in [2.24, 2.45) is 0 Å². The van der Waals surface area contributed by atoms with Gasteiger partial charge in [-0.25, -0.2) is 14.4 Å². The van der Waals surface area contributed by atoms with Crippen LogP contribution in [0.3, 0.4) is 0 Å². The number of aromatic nitrogens is 2. The molecule has 1 aromatic heterocycles. The lowest BCUT2D eigenvalue weighted by molar-refractivity contribution is 0.0746. The monoisotopic (exact) mass is 514 g/mol. The van der Waals surface area contributed by atoms with Gasteiger partial charge in [-0.1, -0.05) is 73.1 Å². The highest BCUT2D eigenvalue weighted by atomic mass is 35.5. The van der Waals surface area contributed by atoms with E-state index in [-0.39, 0.29) is 11.7 Å². The average Bonchev–Trinajstić information content (AvgIpc) is 2.95. The smallest absolute Gasteiger partial charge is 0.255 e. The van der Waals surface area contributed by atoms with Gasteiger partial charge in [0, 0.05) is 49.4 Å². The number of aryl methyl sites for hydroxylation is 1. The van der Waals surface area contributed by atoms with Crippen molar-refractivity contribution in [3.05, 3.63) is 112 Å². The molecule has 1 saturated heterocycles. The van der Waals surface area contributed by atoms with Crippen LogP contribution in [0.4, 0.5) is 10.2 Å². The molecule has 0 radical (unpaired) electrons. The Hall–Kier alpha value is -3.77. The Kier molecular flexibility index (Phi) is 7.47. The molecule has 3 aromatic carbocycles. The lowest BCUT2D eigenvalue weighted by Gasteiger charge is -2.37. The average molecular weight is 515 g/mol. The van der Waals surface area contributed by atoms with Gasteiger partial charge in [0.2, 0.25) is 0 Å². The molecule has 1 aliphatic heterocycles. The van der Waals surface area contributed by atoms with Crippen molar-refractivity contribution < 1.29 is 9.18 Å². The molecule has 37 heavy (non-hydrogen) atoms. The Balaban J connectivity index is 1.47. The molecule has 0 saturated carbocycles. The number of carbonyl (C=O) groups is 1. The molecule has 0 N–H and O–H groups in total. The quantitative estimate of drug-likeness (QED) is 0.314. The van der Waals surface area contributed by atoms with Gasteiger partial charge in [0.15, 0.2) is 5.82 Å². The summed E-state index contributed by atoms with van der Waals surface area (Å²) < 4.78 is 13.6. The van der Waals surface area contributed by atoms with Crippen LogP contribution < -0.4 is 4.90 Å². The Labute approximate surface area is 221 Å². The first kappa shape index (κ1) is 24.9. The zero-order chi connectivity index (χ0) is 25.8. The normalized spacial score (nSPS) is 13.6. The first-order valence-corrected chi connectivity index (χ1v) is 12.9. The van der Waals surface area contributed by atoms with Crippen LogP contribution in [0.1, 0.15) is 34.1 Å². The van der Waals surface area contributed by atoms with Crippen LogP contribution in [0.2, 0.25) is 5.02 Å². The molecule has 0 spiro atoms. The molecule has 1 aliphatic rings. The maximum atomic E-state index is 13.6. The first-order chi connectivity index (χ1) is 18.0. The summed E-state index contributed by atoms with van der Waals surface area (Å²) in [5, 5.41) is 0.465. The summed E-state index contributed by atoms with van der Waals surface area (Å²) in [6, 6.07) is 23.7. The van der Waals surface area contributed by atoms with Crippen LogP contribution in [-0.2, 0) is 12.8 Å². The fraction of sp³-hybridized carbons (Fsp3) is 0.233. The van der Waals surface area contributed by atoms with Crippen molar-refractivity contribution in [2.75, 3.05) is 31.1 Å². The number of nitrogens with zero attached hydrogens (tertiary/aromatic N) is 4. The largest absolute Gasteiger partial charge is 0.353 e. The number of hydrogen-bond acceptors (Lipinski definition) is 4. The second-order valence-corrected chi connectivity index (χ2v) is 9.49. The second-order valence-electron chi connectivity index (χ2n) is 9.08. The molecule has 2 heterocycles. The van der Waals surface area contributed by atoms with E-state index in [1.165, 1.54) is 12.1 Å². The third-order valence-electron chi connectivity index (χ3n) is 6.70. The number of hydrogen-bond donors (Lipinski definition) is 0. The Morgan fingerprint density at radius 3 is 2.24 bits per heavy atom. The lowest BCUT2D eigenvalue weighted by Crippen LogP contribution is -2.49. The summed E-state index contributed by atoms with van der Waals surface area (Å²) in [7, 11) is 0. The summed E-state index contributed by atoms with van der Waals surface area (Å²) in [5.41, 5.74) is 4.50. The van der Waals surface area contributed by atoms with Crippen molar-refractivity contribution in [2.45, 2.75) is 19.8 Å². The van der Waals surface area contributed by atoms with Crippen LogP contribution in [0.15, 0.2) is 78.9 Å². The molecule has 1 fully saturated rings. The van der Waals surface area contributed by atoms with Crippen molar-refractivity contribution in [1.29, 1.82) is 0 Å². The Morgan fingerprint density at radius 2 is 1.57 bits per heavy atom. The molecule has 0 aliphatic carbocycles. The predicted molar refractivity (Wildman–Crippen MR) is 146 cm³/mol.